The molecule has 0 saturated heterocycles. The van der Waals surface area contributed by atoms with Gasteiger partial charge >= 0.3 is 0 Å². The second kappa shape index (κ2) is 5.29. The molecule has 2 nitrogen and oxygen atoms in total. The van der Waals surface area contributed by atoms with Crippen molar-refractivity contribution < 1.29 is 9.59 Å². The highest BCUT2D eigenvalue weighted by Crippen LogP contribution is 2.26. The predicted octanol–water partition coefficient (Wildman–Crippen LogP) is 3.08. The van der Waals surface area contributed by atoms with E-state index < -0.39 is 0 Å². The summed E-state index contributed by atoms with van der Waals surface area (Å²) in [6, 6.07) is 5.11. The lowest BCUT2D eigenvalue weighted by Gasteiger charge is -2.03. The van der Waals surface area contributed by atoms with Crippen LogP contribution in [-0.2, 0) is 16.0 Å². The lowest BCUT2D eigenvalue weighted by Crippen LogP contribution is -2.07. The van der Waals surface area contributed by atoms with Gasteiger partial charge in [0.15, 0.2) is 0 Å². The maximum absolute atomic E-state index is 11.4. The first kappa shape index (κ1) is 12.2. The normalized spacial score (nSPS) is 10.1. The molecule has 80 valence electrons. The smallest absolute Gasteiger partial charge is 0.144 e. The third-order valence-electron chi connectivity index (χ3n) is 1.87. The Bertz CT molecular complexity index is 400. The second-order valence-corrected chi connectivity index (χ2v) is 4.09. The van der Waals surface area contributed by atoms with Gasteiger partial charge in [0.2, 0.25) is 0 Å². The molecule has 0 spiro atoms. The summed E-state index contributed by atoms with van der Waals surface area (Å²) in [7, 11) is 0. The van der Waals surface area contributed by atoms with Gasteiger partial charge in [0.25, 0.3) is 0 Å². The van der Waals surface area contributed by atoms with Gasteiger partial charge in [0.05, 0.1) is 16.5 Å². The van der Waals surface area contributed by atoms with Crippen LogP contribution in [0.1, 0.15) is 18.9 Å². The number of hydrogen-bond donors (Lipinski definition) is 0. The predicted molar refractivity (Wildman–Crippen MR) is 60.5 cm³/mol. The summed E-state index contributed by atoms with van der Waals surface area (Å²) in [5.74, 6) is -0.287. The van der Waals surface area contributed by atoms with E-state index in [-0.39, 0.29) is 24.4 Å². The Kier molecular flexibility index (Phi) is 4.30. The fraction of sp³-hybridized carbons (Fsp3) is 0.273. The number of carbonyl (C=O) groups excluding carboxylic acids is 2. The van der Waals surface area contributed by atoms with Gasteiger partial charge in [-0.15, -0.1) is 0 Å². The van der Waals surface area contributed by atoms with Crippen molar-refractivity contribution in [3.63, 3.8) is 0 Å². The van der Waals surface area contributed by atoms with Crippen molar-refractivity contribution in [3.8, 4) is 0 Å². The highest BCUT2D eigenvalue weighted by molar-refractivity contribution is 6.42. The van der Waals surface area contributed by atoms with Gasteiger partial charge < -0.3 is 0 Å². The summed E-state index contributed by atoms with van der Waals surface area (Å²) >= 11 is 11.7. The van der Waals surface area contributed by atoms with Crippen LogP contribution in [0, 0.1) is 0 Å². The molecule has 1 aromatic carbocycles. The highest BCUT2D eigenvalue weighted by Gasteiger charge is 2.10. The molecule has 0 aliphatic carbocycles. The van der Waals surface area contributed by atoms with Crippen LogP contribution in [0.15, 0.2) is 18.2 Å². The number of hydrogen-bond acceptors (Lipinski definition) is 2. The Morgan fingerprint density at radius 1 is 1.27 bits per heavy atom. The topological polar surface area (TPSA) is 34.1 Å². The number of carbonyl (C=O) groups is 2. The van der Waals surface area contributed by atoms with Crippen molar-refractivity contribution in [1.82, 2.24) is 0 Å². The average Bonchev–Trinajstić information content (AvgIpc) is 2.11. The van der Waals surface area contributed by atoms with Gasteiger partial charge in [-0.05, 0) is 18.6 Å². The zero-order chi connectivity index (χ0) is 11.4. The standard InChI is InChI=1S/C11H10Cl2O2/c1-7(14)5-9(15)6-8-3-2-4-10(12)11(8)13/h2-4H,5-6H2,1H3. The van der Waals surface area contributed by atoms with Gasteiger partial charge in [-0.3, -0.25) is 9.59 Å². The number of Topliss-reactive ketones (excluding diaryl/α,β-unsaturated/α-hetero) is 2. The number of ketones is 2. The zero-order valence-corrected chi connectivity index (χ0v) is 9.73. The summed E-state index contributed by atoms with van der Waals surface area (Å²) < 4.78 is 0. The lowest BCUT2D eigenvalue weighted by molar-refractivity contribution is -0.125. The first-order valence-corrected chi connectivity index (χ1v) is 5.20. The van der Waals surface area contributed by atoms with E-state index in [2.05, 4.69) is 0 Å². The van der Waals surface area contributed by atoms with Gasteiger partial charge in [-0.2, -0.15) is 0 Å². The Morgan fingerprint density at radius 3 is 2.53 bits per heavy atom. The lowest BCUT2D eigenvalue weighted by atomic mass is 10.1. The van der Waals surface area contributed by atoms with Crippen LogP contribution in [-0.4, -0.2) is 11.6 Å². The molecule has 0 aliphatic rings. The number of benzene rings is 1. The van der Waals surface area contributed by atoms with Crippen LogP contribution in [0.2, 0.25) is 10.0 Å². The van der Waals surface area contributed by atoms with Crippen molar-refractivity contribution in [2.24, 2.45) is 0 Å². The Labute approximate surface area is 98.2 Å². The van der Waals surface area contributed by atoms with Crippen LogP contribution in [0.5, 0.6) is 0 Å². The molecule has 0 fully saturated rings. The van der Waals surface area contributed by atoms with Crippen molar-refractivity contribution in [1.29, 1.82) is 0 Å². The Hall–Kier alpha value is -0.860. The summed E-state index contributed by atoms with van der Waals surface area (Å²) in [5, 5.41) is 0.806. The molecule has 4 heteroatoms. The monoisotopic (exact) mass is 244 g/mol. The number of rotatable bonds is 4. The molecule has 1 rings (SSSR count). The van der Waals surface area contributed by atoms with E-state index in [0.29, 0.717) is 15.6 Å². The van der Waals surface area contributed by atoms with Crippen molar-refractivity contribution in [2.45, 2.75) is 19.8 Å². The number of halogens is 2. The summed E-state index contributed by atoms with van der Waals surface area (Å²) in [6.07, 6.45) is 0.0990. The van der Waals surface area contributed by atoms with Crippen LogP contribution in [0.4, 0.5) is 0 Å². The van der Waals surface area contributed by atoms with E-state index in [1.165, 1.54) is 6.92 Å². The van der Waals surface area contributed by atoms with Crippen molar-refractivity contribution >= 4 is 34.8 Å². The molecule has 0 bridgehead atoms. The first-order chi connectivity index (χ1) is 7.00. The zero-order valence-electron chi connectivity index (χ0n) is 8.22. The largest absolute Gasteiger partial charge is 0.300 e. The molecule has 0 atom stereocenters. The van der Waals surface area contributed by atoms with Gasteiger partial charge in [0.1, 0.15) is 11.6 Å². The van der Waals surface area contributed by atoms with Gasteiger partial charge in [-0.1, -0.05) is 35.3 Å². The molecule has 0 heterocycles. The molecule has 0 saturated carbocycles. The average molecular weight is 245 g/mol. The fourth-order valence-electron chi connectivity index (χ4n) is 1.24. The third kappa shape index (κ3) is 3.65. The Morgan fingerprint density at radius 2 is 1.93 bits per heavy atom. The van der Waals surface area contributed by atoms with Crippen LogP contribution < -0.4 is 0 Å². The summed E-state index contributed by atoms with van der Waals surface area (Å²) in [6.45, 7) is 1.39. The van der Waals surface area contributed by atoms with Crippen molar-refractivity contribution in [2.75, 3.05) is 0 Å². The van der Waals surface area contributed by atoms with Crippen LogP contribution in [0.3, 0.4) is 0 Å². The second-order valence-electron chi connectivity index (χ2n) is 3.31. The van der Waals surface area contributed by atoms with Gasteiger partial charge in [-0.25, -0.2) is 0 Å². The molecular formula is C11H10Cl2O2. The minimum absolute atomic E-state index is 0.0527. The molecule has 0 amide bonds. The molecule has 15 heavy (non-hydrogen) atoms. The maximum Gasteiger partial charge on any atom is 0.144 e. The minimum Gasteiger partial charge on any atom is -0.300 e. The highest BCUT2D eigenvalue weighted by atomic mass is 35.5. The van der Waals surface area contributed by atoms with E-state index in [0.717, 1.165) is 0 Å². The van der Waals surface area contributed by atoms with E-state index >= 15 is 0 Å². The SMILES string of the molecule is CC(=O)CC(=O)Cc1cccc(Cl)c1Cl. The summed E-state index contributed by atoms with van der Waals surface area (Å²) in [4.78, 5) is 22.1. The summed E-state index contributed by atoms with van der Waals surface area (Å²) in [5.41, 5.74) is 0.662. The molecule has 0 radical (unpaired) electrons. The van der Waals surface area contributed by atoms with Gasteiger partial charge in [0, 0.05) is 6.42 Å². The van der Waals surface area contributed by atoms with Crippen LogP contribution in [0.25, 0.3) is 0 Å². The third-order valence-corrected chi connectivity index (χ3v) is 2.72. The quantitative estimate of drug-likeness (QED) is 0.764. The van der Waals surface area contributed by atoms with Crippen molar-refractivity contribution in [3.05, 3.63) is 33.8 Å². The first-order valence-electron chi connectivity index (χ1n) is 4.44. The van der Waals surface area contributed by atoms with E-state index in [1.54, 1.807) is 18.2 Å². The molecule has 0 unspecified atom stereocenters. The Balaban J connectivity index is 2.77. The molecule has 0 aromatic heterocycles. The fourth-order valence-corrected chi connectivity index (χ4v) is 1.62. The van der Waals surface area contributed by atoms with E-state index in [9.17, 15) is 9.59 Å². The van der Waals surface area contributed by atoms with E-state index in [4.69, 9.17) is 23.2 Å². The molecule has 0 aliphatic heterocycles. The molecule has 1 aromatic rings. The molecule has 0 N–H and O–H groups in total. The van der Waals surface area contributed by atoms with Crippen LogP contribution >= 0.6 is 23.2 Å². The maximum atomic E-state index is 11.4. The van der Waals surface area contributed by atoms with E-state index in [1.807, 2.05) is 0 Å². The molecular weight excluding hydrogens is 235 g/mol. The minimum atomic E-state index is -0.147.